The van der Waals surface area contributed by atoms with E-state index < -0.39 is 52.7 Å². The Balaban J connectivity index is 1.01. The van der Waals surface area contributed by atoms with Crippen LogP contribution in [0.4, 0.5) is 70.3 Å². The maximum absolute atomic E-state index is 14.9. The molecule has 4 aromatic heterocycles. The summed E-state index contributed by atoms with van der Waals surface area (Å²) in [5.74, 6) is -3.49. The minimum atomic E-state index is -4.71. The summed E-state index contributed by atoms with van der Waals surface area (Å²) in [7, 11) is 0. The molecule has 5 aromatic rings. The minimum absolute atomic E-state index is 0.0322. The van der Waals surface area contributed by atoms with E-state index in [2.05, 4.69) is 41.2 Å². The summed E-state index contributed by atoms with van der Waals surface area (Å²) in [6, 6.07) is 5.55. The van der Waals surface area contributed by atoms with Gasteiger partial charge in [0.05, 0.1) is 17.6 Å². The Morgan fingerprint density at radius 1 is 0.767 bits per heavy atom. The smallest absolute Gasteiger partial charge is 0.364 e. The van der Waals surface area contributed by atoms with Crippen molar-refractivity contribution in [3.05, 3.63) is 58.5 Å². The molecule has 60 heavy (non-hydrogen) atoms. The van der Waals surface area contributed by atoms with Crippen molar-refractivity contribution in [3.63, 3.8) is 0 Å². The first-order chi connectivity index (χ1) is 28.2. The van der Waals surface area contributed by atoms with Gasteiger partial charge in [0.15, 0.2) is 11.6 Å². The molecule has 0 spiro atoms. The van der Waals surface area contributed by atoms with Crippen molar-refractivity contribution in [2.75, 3.05) is 21.3 Å². The minimum Gasteiger partial charge on any atom is -0.364 e. The number of hydrogen-bond acceptors (Lipinski definition) is 10. The molecular weight excluding hydrogens is 801 g/mol. The molecule has 1 unspecified atom stereocenters. The van der Waals surface area contributed by atoms with Gasteiger partial charge >= 0.3 is 12.4 Å². The second-order valence-corrected chi connectivity index (χ2v) is 17.4. The summed E-state index contributed by atoms with van der Waals surface area (Å²) >= 11 is 0. The second kappa shape index (κ2) is 14.1. The summed E-state index contributed by atoms with van der Waals surface area (Å²) in [5.41, 5.74) is -0.429. The lowest BCUT2D eigenvalue weighted by molar-refractivity contribution is -0.138. The third kappa shape index (κ3) is 8.12. The fourth-order valence-electron chi connectivity index (χ4n) is 8.22. The van der Waals surface area contributed by atoms with Gasteiger partial charge in [-0.05, 0) is 89.8 Å². The summed E-state index contributed by atoms with van der Waals surface area (Å²) in [4.78, 5) is 16.3. The van der Waals surface area contributed by atoms with Gasteiger partial charge in [0.1, 0.15) is 22.8 Å². The number of halogens is 8. The number of fused-ring (bicyclic) bond motifs is 2. The number of hydrogen-bond donors (Lipinski definition) is 4. The lowest BCUT2D eigenvalue weighted by Gasteiger charge is -2.24. The van der Waals surface area contributed by atoms with Crippen LogP contribution in [0.3, 0.4) is 0 Å². The zero-order valence-electron chi connectivity index (χ0n) is 33.1. The molecule has 3 fully saturated rings. The molecule has 1 atom stereocenters. The fraction of sp³-hybridized carbons (Fsp3) is 0.550. The number of nitrogens with zero attached hydrogens (tertiary/aromatic N) is 8. The average molecular weight is 845 g/mol. The zero-order valence-corrected chi connectivity index (χ0v) is 33.1. The van der Waals surface area contributed by atoms with Gasteiger partial charge in [-0.2, -0.15) is 46.5 Å². The largest absolute Gasteiger partial charge is 0.421 e. The van der Waals surface area contributed by atoms with Crippen LogP contribution in [0, 0.1) is 0 Å². The standard InChI is InChI=1S/C40H44F8N12/c1-21(59-28-10-11-38(41,42)18-25(28)31(57-59)52-35-50-20-27(40(46,47)48)33(54-35)56-37(3)14-15-37)16-22-8-9-24-29(17-22)60(23-6-4-5-7-23)58-30(24)51-34-49-19-26(39(43,44)45)32(53-34)55-36(2)12-13-36/h8-9,17,19-21,23H,4-7,10-16,18H2,1-3H3,(H2,49,51,53,55,58)(H2,50,52,54,56,57). The van der Waals surface area contributed by atoms with Gasteiger partial charge in [-0.1, -0.05) is 18.9 Å². The first kappa shape index (κ1) is 40.1. The Morgan fingerprint density at radius 2 is 1.33 bits per heavy atom. The molecule has 4 aliphatic rings. The highest BCUT2D eigenvalue weighted by Gasteiger charge is 2.44. The van der Waals surface area contributed by atoms with Crippen LogP contribution < -0.4 is 21.3 Å². The highest BCUT2D eigenvalue weighted by molar-refractivity contribution is 5.92. The predicted octanol–water partition coefficient (Wildman–Crippen LogP) is 10.3. The number of nitrogens with one attached hydrogen (secondary N) is 4. The molecule has 12 nitrogen and oxygen atoms in total. The molecule has 4 aliphatic carbocycles. The van der Waals surface area contributed by atoms with Crippen molar-refractivity contribution in [1.29, 1.82) is 0 Å². The molecule has 0 saturated heterocycles. The van der Waals surface area contributed by atoms with Gasteiger partial charge in [-0.3, -0.25) is 9.36 Å². The summed E-state index contributed by atoms with van der Waals surface area (Å²) in [6.07, 6.45) is -1.80. The summed E-state index contributed by atoms with van der Waals surface area (Å²) in [5, 5.41) is 22.1. The van der Waals surface area contributed by atoms with Crippen LogP contribution in [0.5, 0.6) is 0 Å². The van der Waals surface area contributed by atoms with E-state index >= 15 is 0 Å². The van der Waals surface area contributed by atoms with Crippen molar-refractivity contribution in [2.45, 2.75) is 139 Å². The van der Waals surface area contributed by atoms with Crippen LogP contribution in [-0.2, 0) is 31.6 Å². The summed E-state index contributed by atoms with van der Waals surface area (Å²) in [6.45, 7) is 5.55. The molecule has 9 rings (SSSR count). The molecule has 20 heteroatoms. The molecule has 0 bridgehead atoms. The first-order valence-electron chi connectivity index (χ1n) is 20.2. The predicted molar refractivity (Wildman–Crippen MR) is 208 cm³/mol. The molecule has 4 heterocycles. The third-order valence-corrected chi connectivity index (χ3v) is 12.2. The fourth-order valence-corrected chi connectivity index (χ4v) is 8.22. The van der Waals surface area contributed by atoms with E-state index in [0.29, 0.717) is 37.0 Å². The zero-order chi connectivity index (χ0) is 42.4. The Hall–Kier alpha value is -5.30. The Kier molecular flexibility index (Phi) is 9.46. The molecule has 1 aromatic carbocycles. The third-order valence-electron chi connectivity index (χ3n) is 12.2. The van der Waals surface area contributed by atoms with E-state index in [1.54, 1.807) is 11.6 Å². The van der Waals surface area contributed by atoms with E-state index in [9.17, 15) is 35.1 Å². The van der Waals surface area contributed by atoms with Gasteiger partial charge in [-0.25, -0.2) is 18.7 Å². The number of rotatable bonds is 12. The van der Waals surface area contributed by atoms with E-state index in [4.69, 9.17) is 10.2 Å². The Bertz CT molecular complexity index is 2440. The van der Waals surface area contributed by atoms with Crippen LogP contribution >= 0.6 is 0 Å². The van der Waals surface area contributed by atoms with Crippen molar-refractivity contribution >= 4 is 46.1 Å². The van der Waals surface area contributed by atoms with Crippen LogP contribution in [-0.4, -0.2) is 56.5 Å². The van der Waals surface area contributed by atoms with Gasteiger partial charge < -0.3 is 21.3 Å². The van der Waals surface area contributed by atoms with Crippen LogP contribution in [0.25, 0.3) is 10.9 Å². The van der Waals surface area contributed by atoms with E-state index in [-0.39, 0.29) is 54.0 Å². The van der Waals surface area contributed by atoms with E-state index in [1.807, 2.05) is 36.7 Å². The lowest BCUT2D eigenvalue weighted by Crippen LogP contribution is -2.27. The van der Waals surface area contributed by atoms with Gasteiger partial charge in [0, 0.05) is 53.0 Å². The number of anilines is 6. The van der Waals surface area contributed by atoms with Crippen molar-refractivity contribution in [2.24, 2.45) is 0 Å². The van der Waals surface area contributed by atoms with Crippen LogP contribution in [0.15, 0.2) is 30.6 Å². The highest BCUT2D eigenvalue weighted by Crippen LogP contribution is 2.45. The second-order valence-electron chi connectivity index (χ2n) is 17.4. The maximum Gasteiger partial charge on any atom is 0.421 e. The number of alkyl halides is 8. The molecular formula is C40H44F8N12. The maximum atomic E-state index is 14.9. The first-order valence-corrected chi connectivity index (χ1v) is 20.2. The Morgan fingerprint density at radius 3 is 1.88 bits per heavy atom. The van der Waals surface area contributed by atoms with Gasteiger partial charge in [0.25, 0.3) is 5.92 Å². The van der Waals surface area contributed by atoms with Crippen LogP contribution in [0.2, 0.25) is 0 Å². The van der Waals surface area contributed by atoms with Gasteiger partial charge in [-0.15, -0.1) is 0 Å². The normalized spacial score (nSPS) is 19.9. The Labute approximate surface area is 339 Å². The van der Waals surface area contributed by atoms with Gasteiger partial charge in [0.2, 0.25) is 11.9 Å². The van der Waals surface area contributed by atoms with E-state index in [1.165, 1.54) is 0 Å². The number of benzene rings is 1. The molecule has 4 N–H and O–H groups in total. The topological polar surface area (TPSA) is 135 Å². The monoisotopic (exact) mass is 844 g/mol. The average Bonchev–Trinajstić information content (AvgIpc) is 3.84. The molecule has 3 saturated carbocycles. The SMILES string of the molecule is CC(Cc1ccc2c(Nc3ncc(C(F)(F)F)c(NC4(C)CC4)n3)nn(C3CCCC3)c2c1)n1nc(Nc2ncc(C(F)(F)F)c(NC3(C)CC3)n2)c2c1CCC(F)(F)C2. The molecule has 0 aliphatic heterocycles. The molecule has 0 radical (unpaired) electrons. The van der Waals surface area contributed by atoms with Crippen molar-refractivity contribution < 1.29 is 35.1 Å². The highest BCUT2D eigenvalue weighted by atomic mass is 19.4. The lowest BCUT2D eigenvalue weighted by atomic mass is 9.93. The summed E-state index contributed by atoms with van der Waals surface area (Å²) < 4.78 is 117. The van der Waals surface area contributed by atoms with Crippen molar-refractivity contribution in [1.82, 2.24) is 39.5 Å². The quantitative estimate of drug-likeness (QED) is 0.0899. The molecule has 320 valence electrons. The van der Waals surface area contributed by atoms with Crippen molar-refractivity contribution in [3.8, 4) is 0 Å². The number of aromatic nitrogens is 8. The van der Waals surface area contributed by atoms with E-state index in [0.717, 1.165) is 61.2 Å². The van der Waals surface area contributed by atoms with Crippen LogP contribution in [0.1, 0.15) is 119 Å². The molecule has 0 amide bonds.